The molecule has 0 atom stereocenters. The van der Waals surface area contributed by atoms with E-state index in [1.165, 1.54) is 0 Å². The third-order valence-electron chi connectivity index (χ3n) is 0. The van der Waals surface area contributed by atoms with E-state index in [9.17, 15) is 8.42 Å². The molecule has 6 heteroatoms. The van der Waals surface area contributed by atoms with Crippen LogP contribution in [0.3, 0.4) is 0 Å². The second kappa shape index (κ2) is 5.27. The second-order valence-corrected chi connectivity index (χ2v) is 2.20. The van der Waals surface area contributed by atoms with E-state index in [4.69, 9.17) is 4.55 Å². The first-order valence-corrected chi connectivity index (χ1v) is 2.77. The van der Waals surface area contributed by atoms with Gasteiger partial charge in [-0.15, -0.1) is 0 Å². The van der Waals surface area contributed by atoms with E-state index >= 15 is 0 Å². The van der Waals surface area contributed by atoms with E-state index < -0.39 is 10.1 Å². The fourth-order valence-corrected chi connectivity index (χ4v) is 0. The van der Waals surface area contributed by atoms with Gasteiger partial charge in [-0.2, -0.15) is 8.42 Å². The summed E-state index contributed by atoms with van der Waals surface area (Å²) >= 11 is 0. The van der Waals surface area contributed by atoms with Gasteiger partial charge in [-0.1, -0.05) is 0 Å². The molecular formula is CH4FO3STb. The van der Waals surface area contributed by atoms with Crippen LogP contribution in [0, 0.1) is 38.6 Å². The van der Waals surface area contributed by atoms with Gasteiger partial charge in [0.25, 0.3) is 10.1 Å². The number of halogens is 1. The van der Waals surface area contributed by atoms with Crippen LogP contribution in [0.4, 0.5) is 4.70 Å². The Bertz CT molecular complexity index is 98.1. The van der Waals surface area contributed by atoms with Gasteiger partial charge >= 0.3 is 0 Å². The van der Waals surface area contributed by atoms with Gasteiger partial charge < -0.3 is 0 Å². The van der Waals surface area contributed by atoms with Crippen LogP contribution in [0.25, 0.3) is 0 Å². The van der Waals surface area contributed by atoms with Gasteiger partial charge in [-0.25, -0.2) is 0 Å². The molecule has 0 amide bonds. The van der Waals surface area contributed by atoms with Gasteiger partial charge in [-0.3, -0.25) is 4.55 Å². The van der Waals surface area contributed by atoms with Crippen LogP contribution in [-0.2, 0) is 10.1 Å². The Morgan fingerprint density at radius 2 is 1.43 bits per heavy atom. The van der Waals surface area contributed by atoms with Crippen LogP contribution in [0.2, 0.25) is 0 Å². The first-order chi connectivity index (χ1) is 2.00. The molecule has 0 heterocycles. The van der Waals surface area contributed by atoms with Gasteiger partial charge in [0.1, 0.15) is 0 Å². The topological polar surface area (TPSA) is 54.4 Å². The van der Waals surface area contributed by atoms with Crippen molar-refractivity contribution in [3.8, 4) is 0 Å². The zero-order valence-electron chi connectivity index (χ0n) is 3.38. The normalized spacial score (nSPS) is 8.29. The van der Waals surface area contributed by atoms with Crippen molar-refractivity contribution in [1.82, 2.24) is 0 Å². The molecule has 0 aromatic heterocycles. The molecule has 0 aliphatic heterocycles. The molecule has 0 bridgehead atoms. The average Bonchev–Trinajstić information content (AvgIpc) is 0.722. The molecule has 48 valence electrons. The zero-order chi connectivity index (χ0) is 4.50. The second-order valence-electron chi connectivity index (χ2n) is 0.733. The first kappa shape index (κ1) is 15.7. The Kier molecular flexibility index (Phi) is 11.8. The van der Waals surface area contributed by atoms with E-state index in [0.29, 0.717) is 6.26 Å². The van der Waals surface area contributed by atoms with E-state index in [1.807, 2.05) is 0 Å². The Labute approximate surface area is 72.0 Å². The summed E-state index contributed by atoms with van der Waals surface area (Å²) in [5.74, 6) is 0. The molecule has 0 aliphatic carbocycles. The van der Waals surface area contributed by atoms with Gasteiger partial charge in [-0.05, 0) is 0 Å². The summed E-state index contributed by atoms with van der Waals surface area (Å²) in [6.45, 7) is 0. The average molecular weight is 274 g/mol. The van der Waals surface area contributed by atoms with Crippen molar-refractivity contribution < 1.29 is 56.3 Å². The Balaban J connectivity index is -0.0000000800. The zero-order valence-corrected chi connectivity index (χ0v) is 6.34. The number of hydrogen-bond donors (Lipinski definition) is 1. The molecule has 0 aromatic carbocycles. The standard InChI is InChI=1S/CH4O3S.F.Tb/c1-5(2,3)4;;/h1H3,(H,2,3,4);;. The van der Waals surface area contributed by atoms with Crippen LogP contribution in [0.5, 0.6) is 0 Å². The van der Waals surface area contributed by atoms with Crippen molar-refractivity contribution in [3.05, 3.63) is 0 Å². The fraction of sp³-hybridized carbons (Fsp3) is 1.00. The van der Waals surface area contributed by atoms with Crippen molar-refractivity contribution in [2.45, 2.75) is 0 Å². The maximum Gasteiger partial charge on any atom is 0.261 e. The number of hydrogen-bond acceptors (Lipinski definition) is 2. The largest absolute Gasteiger partial charge is 0.286 e. The molecular weight excluding hydrogens is 270 g/mol. The molecule has 1 N–H and O–H groups in total. The van der Waals surface area contributed by atoms with Crippen molar-refractivity contribution >= 4 is 10.1 Å². The molecule has 7 heavy (non-hydrogen) atoms. The summed E-state index contributed by atoms with van der Waals surface area (Å²) in [4.78, 5) is 0. The Morgan fingerprint density at radius 1 is 1.43 bits per heavy atom. The number of rotatable bonds is 0. The van der Waals surface area contributed by atoms with Crippen LogP contribution < -0.4 is 0 Å². The molecule has 0 fully saturated rings. The van der Waals surface area contributed by atoms with Crippen LogP contribution in [0.15, 0.2) is 0 Å². The Morgan fingerprint density at radius 3 is 1.43 bits per heavy atom. The summed E-state index contributed by atoms with van der Waals surface area (Å²) in [5, 5.41) is 0. The minimum atomic E-state index is -3.67. The summed E-state index contributed by atoms with van der Waals surface area (Å²) < 4.78 is 25.9. The van der Waals surface area contributed by atoms with Crippen LogP contribution in [0.1, 0.15) is 0 Å². The maximum absolute atomic E-state index is 9.19. The SMILES string of the molecule is CS(=O)(=O)O.[F].[Tb]. The van der Waals surface area contributed by atoms with Gasteiger partial charge in [0.05, 0.1) is 6.26 Å². The third kappa shape index (κ3) is 148. The molecule has 0 saturated heterocycles. The quantitative estimate of drug-likeness (QED) is 0.629. The predicted octanol–water partition coefficient (Wildman–Crippen LogP) is -0.0758. The molecule has 2 radical (unpaired) electrons. The van der Waals surface area contributed by atoms with Crippen molar-refractivity contribution in [1.29, 1.82) is 0 Å². The third-order valence-corrected chi connectivity index (χ3v) is 0. The molecule has 3 nitrogen and oxygen atoms in total. The molecule has 0 aliphatic rings. The molecule has 0 unspecified atom stereocenters. The van der Waals surface area contributed by atoms with E-state index in [0.717, 1.165) is 0 Å². The van der Waals surface area contributed by atoms with Crippen molar-refractivity contribution in [3.63, 3.8) is 0 Å². The molecule has 0 saturated carbocycles. The van der Waals surface area contributed by atoms with E-state index in [1.54, 1.807) is 0 Å². The predicted molar refractivity (Wildman–Crippen MR) is 18.6 cm³/mol. The summed E-state index contributed by atoms with van der Waals surface area (Å²) in [5.41, 5.74) is 0. The van der Waals surface area contributed by atoms with Gasteiger partial charge in [0.2, 0.25) is 0 Å². The summed E-state index contributed by atoms with van der Waals surface area (Å²) in [7, 11) is -3.67. The maximum atomic E-state index is 9.19. The molecule has 0 rings (SSSR count). The smallest absolute Gasteiger partial charge is 0.261 e. The summed E-state index contributed by atoms with van der Waals surface area (Å²) in [6.07, 6.45) is 0.715. The van der Waals surface area contributed by atoms with E-state index in [-0.39, 0.29) is 43.3 Å². The monoisotopic (exact) mass is 274 g/mol. The van der Waals surface area contributed by atoms with E-state index in [2.05, 4.69) is 0 Å². The first-order valence-electron chi connectivity index (χ1n) is 0.924. The Hall–Kier alpha value is 1.13. The van der Waals surface area contributed by atoms with Gasteiger partial charge in [0.15, 0.2) is 0 Å². The fourth-order valence-electron chi connectivity index (χ4n) is 0. The van der Waals surface area contributed by atoms with Crippen molar-refractivity contribution in [2.24, 2.45) is 0 Å². The summed E-state index contributed by atoms with van der Waals surface area (Å²) in [6, 6.07) is 0. The minimum absolute atomic E-state index is 0. The van der Waals surface area contributed by atoms with Crippen LogP contribution >= 0.6 is 0 Å². The van der Waals surface area contributed by atoms with Crippen molar-refractivity contribution in [2.75, 3.05) is 6.26 Å². The molecule has 0 spiro atoms. The van der Waals surface area contributed by atoms with Crippen LogP contribution in [-0.4, -0.2) is 19.2 Å². The van der Waals surface area contributed by atoms with Gasteiger partial charge in [0, 0.05) is 43.3 Å². The minimum Gasteiger partial charge on any atom is -0.286 e. The molecule has 0 aromatic rings.